The molecule has 0 radical (unpaired) electrons. The number of hydrogen-bond acceptors (Lipinski definition) is 4. The Hall–Kier alpha value is -2.21. The third-order valence-corrected chi connectivity index (χ3v) is 3.80. The lowest BCUT2D eigenvalue weighted by atomic mass is 10.2. The highest BCUT2D eigenvalue weighted by Crippen LogP contribution is 2.37. The number of hydrazine groups is 1. The monoisotopic (exact) mass is 366 g/mol. The zero-order valence-electron chi connectivity index (χ0n) is 12.9. The molecular formula is C17H16Cl2N2O3. The minimum absolute atomic E-state index is 0.251. The van der Waals surface area contributed by atoms with Crippen molar-refractivity contribution in [1.82, 2.24) is 5.43 Å². The number of hydrogen-bond donors (Lipinski definition) is 2. The Bertz CT molecular complexity index is 763. The summed E-state index contributed by atoms with van der Waals surface area (Å²) in [6.45, 7) is 0.251. The molecule has 2 rings (SSSR count). The van der Waals surface area contributed by atoms with Gasteiger partial charge in [0.05, 0.1) is 12.1 Å². The Morgan fingerprint density at radius 3 is 2.67 bits per heavy atom. The lowest BCUT2D eigenvalue weighted by molar-refractivity contribution is -0.116. The summed E-state index contributed by atoms with van der Waals surface area (Å²) in [6.07, 6.45) is 2.85. The van der Waals surface area contributed by atoms with Gasteiger partial charge in [-0.15, -0.1) is 0 Å². The Labute approximate surface area is 149 Å². The van der Waals surface area contributed by atoms with Crippen molar-refractivity contribution in [3.63, 3.8) is 0 Å². The number of halogens is 2. The topological polar surface area (TPSA) is 73.6 Å². The van der Waals surface area contributed by atoms with Crippen LogP contribution in [0.3, 0.4) is 0 Å². The number of amides is 1. The van der Waals surface area contributed by atoms with Gasteiger partial charge in [0.15, 0.2) is 11.5 Å². The minimum atomic E-state index is -0.427. The van der Waals surface area contributed by atoms with Crippen molar-refractivity contribution >= 4 is 35.2 Å². The molecule has 2 aromatic rings. The van der Waals surface area contributed by atoms with E-state index in [1.165, 1.54) is 13.2 Å². The Morgan fingerprint density at radius 1 is 1.25 bits per heavy atom. The molecule has 0 aliphatic heterocycles. The van der Waals surface area contributed by atoms with Crippen molar-refractivity contribution in [2.45, 2.75) is 6.61 Å². The smallest absolute Gasteiger partial charge is 0.257 e. The highest BCUT2D eigenvalue weighted by Gasteiger charge is 2.12. The van der Waals surface area contributed by atoms with E-state index < -0.39 is 5.91 Å². The lowest BCUT2D eigenvalue weighted by Crippen LogP contribution is -2.27. The fourth-order valence-electron chi connectivity index (χ4n) is 1.96. The molecule has 0 heterocycles. The van der Waals surface area contributed by atoms with Crippen LogP contribution in [0.5, 0.6) is 11.5 Å². The minimum Gasteiger partial charge on any atom is -0.493 e. The molecule has 0 bridgehead atoms. The molecule has 5 nitrogen and oxygen atoms in total. The molecule has 3 N–H and O–H groups in total. The Kier molecular flexibility index (Phi) is 6.49. The lowest BCUT2D eigenvalue weighted by Gasteiger charge is -2.14. The van der Waals surface area contributed by atoms with Crippen LogP contribution in [-0.2, 0) is 11.4 Å². The number of rotatable bonds is 6. The number of ether oxygens (including phenoxy) is 2. The van der Waals surface area contributed by atoms with Crippen molar-refractivity contribution < 1.29 is 14.3 Å². The Balaban J connectivity index is 2.22. The van der Waals surface area contributed by atoms with Gasteiger partial charge in [0.2, 0.25) is 0 Å². The second-order valence-corrected chi connectivity index (χ2v) is 5.57. The number of nitrogens with two attached hydrogens (primary N) is 1. The maximum atomic E-state index is 11.2. The fraction of sp³-hybridized carbons (Fsp3) is 0.118. The van der Waals surface area contributed by atoms with E-state index in [9.17, 15) is 4.79 Å². The molecule has 0 aliphatic rings. The summed E-state index contributed by atoms with van der Waals surface area (Å²) >= 11 is 12.4. The molecule has 0 spiro atoms. The summed E-state index contributed by atoms with van der Waals surface area (Å²) in [4.78, 5) is 11.2. The highest BCUT2D eigenvalue weighted by atomic mass is 35.5. The van der Waals surface area contributed by atoms with Crippen LogP contribution in [0.2, 0.25) is 10.0 Å². The molecule has 126 valence electrons. The summed E-state index contributed by atoms with van der Waals surface area (Å²) in [5.74, 6) is 5.44. The van der Waals surface area contributed by atoms with Gasteiger partial charge in [-0.25, -0.2) is 5.84 Å². The van der Waals surface area contributed by atoms with Gasteiger partial charge in [0, 0.05) is 16.7 Å². The Morgan fingerprint density at radius 2 is 2.00 bits per heavy atom. The highest BCUT2D eigenvalue weighted by molar-refractivity contribution is 6.32. The van der Waals surface area contributed by atoms with Gasteiger partial charge < -0.3 is 9.47 Å². The first-order chi connectivity index (χ1) is 11.5. The zero-order valence-corrected chi connectivity index (χ0v) is 14.4. The summed E-state index contributed by atoms with van der Waals surface area (Å²) in [6, 6.07) is 10.7. The molecule has 0 saturated carbocycles. The van der Waals surface area contributed by atoms with Crippen LogP contribution in [0.4, 0.5) is 0 Å². The van der Waals surface area contributed by atoms with Gasteiger partial charge in [-0.05, 0) is 29.8 Å². The van der Waals surface area contributed by atoms with E-state index in [4.69, 9.17) is 38.5 Å². The van der Waals surface area contributed by atoms with Gasteiger partial charge in [0.1, 0.15) is 6.61 Å². The molecule has 0 saturated heterocycles. The second kappa shape index (κ2) is 8.59. The summed E-state index contributed by atoms with van der Waals surface area (Å²) in [7, 11) is 1.51. The van der Waals surface area contributed by atoms with Crippen LogP contribution in [0, 0.1) is 0 Å². The molecule has 0 unspecified atom stereocenters. The molecule has 0 fully saturated rings. The fourth-order valence-corrected chi connectivity index (χ4v) is 2.43. The molecule has 7 heteroatoms. The molecular weight excluding hydrogens is 351 g/mol. The first-order valence-electron chi connectivity index (χ1n) is 6.97. The number of methoxy groups -OCH3 is 1. The van der Waals surface area contributed by atoms with Gasteiger partial charge in [-0.2, -0.15) is 0 Å². The van der Waals surface area contributed by atoms with E-state index in [1.54, 1.807) is 24.3 Å². The second-order valence-electron chi connectivity index (χ2n) is 4.76. The van der Waals surface area contributed by atoms with Crippen LogP contribution in [-0.4, -0.2) is 13.0 Å². The van der Waals surface area contributed by atoms with Gasteiger partial charge in [0.25, 0.3) is 5.91 Å². The van der Waals surface area contributed by atoms with E-state index in [2.05, 4.69) is 0 Å². The molecule has 0 aliphatic carbocycles. The van der Waals surface area contributed by atoms with Gasteiger partial charge in [-0.1, -0.05) is 41.4 Å². The summed E-state index contributed by atoms with van der Waals surface area (Å²) in [5.41, 5.74) is 3.51. The normalized spacial score (nSPS) is 10.7. The number of nitrogens with one attached hydrogen (secondary N) is 1. The summed E-state index contributed by atoms with van der Waals surface area (Å²) < 4.78 is 11.1. The first-order valence-corrected chi connectivity index (χ1v) is 7.73. The van der Waals surface area contributed by atoms with E-state index in [0.717, 1.165) is 5.56 Å². The standard InChI is InChI=1S/C17H16Cl2N2O3/c1-23-15-9-11(6-7-16(22)21-20)8-14(19)17(15)24-10-12-4-2-3-5-13(12)18/h2-9H,10,20H2,1H3,(H,21,22)/b7-6+. The van der Waals surface area contributed by atoms with Crippen molar-refractivity contribution in [2.75, 3.05) is 7.11 Å². The van der Waals surface area contributed by atoms with Crippen molar-refractivity contribution in [3.8, 4) is 11.5 Å². The third-order valence-electron chi connectivity index (χ3n) is 3.15. The average molecular weight is 367 g/mol. The molecule has 0 atom stereocenters. The molecule has 1 amide bonds. The number of carbonyl (C=O) groups excluding carboxylic acids is 1. The number of carbonyl (C=O) groups is 1. The first kappa shape index (κ1) is 18.1. The maximum Gasteiger partial charge on any atom is 0.257 e. The van der Waals surface area contributed by atoms with E-state index >= 15 is 0 Å². The van der Waals surface area contributed by atoms with Crippen LogP contribution >= 0.6 is 23.2 Å². The van der Waals surface area contributed by atoms with Crippen LogP contribution < -0.4 is 20.7 Å². The van der Waals surface area contributed by atoms with Crippen LogP contribution in [0.25, 0.3) is 6.08 Å². The predicted octanol–water partition coefficient (Wildman–Crippen LogP) is 3.58. The molecule has 2 aromatic carbocycles. The van der Waals surface area contributed by atoms with Gasteiger partial charge in [-0.3, -0.25) is 10.2 Å². The predicted molar refractivity (Wildman–Crippen MR) is 95.2 cm³/mol. The summed E-state index contributed by atoms with van der Waals surface area (Å²) in [5, 5.41) is 0.967. The van der Waals surface area contributed by atoms with Crippen LogP contribution in [0.1, 0.15) is 11.1 Å². The van der Waals surface area contributed by atoms with E-state index in [-0.39, 0.29) is 6.61 Å². The molecule has 24 heavy (non-hydrogen) atoms. The van der Waals surface area contributed by atoms with Crippen molar-refractivity contribution in [3.05, 3.63) is 63.6 Å². The van der Waals surface area contributed by atoms with Crippen LogP contribution in [0.15, 0.2) is 42.5 Å². The quantitative estimate of drug-likeness (QED) is 0.354. The third kappa shape index (κ3) is 4.64. The van der Waals surface area contributed by atoms with Crippen molar-refractivity contribution in [2.24, 2.45) is 5.84 Å². The molecule has 0 aromatic heterocycles. The van der Waals surface area contributed by atoms with Crippen molar-refractivity contribution in [1.29, 1.82) is 0 Å². The maximum absolute atomic E-state index is 11.2. The average Bonchev–Trinajstić information content (AvgIpc) is 2.59. The zero-order chi connectivity index (χ0) is 17.5. The van der Waals surface area contributed by atoms with E-state index in [0.29, 0.717) is 27.1 Å². The van der Waals surface area contributed by atoms with E-state index in [1.807, 2.05) is 23.6 Å². The van der Waals surface area contributed by atoms with Gasteiger partial charge >= 0.3 is 0 Å². The largest absolute Gasteiger partial charge is 0.493 e. The SMILES string of the molecule is COc1cc(/C=C/C(=O)NN)cc(Cl)c1OCc1ccccc1Cl. The number of benzene rings is 2.